The quantitative estimate of drug-likeness (QED) is 0.690. The number of ether oxygens (including phenoxy) is 1. The Hall–Kier alpha value is -1.16. The fraction of sp³-hybridized carbons (Fsp3) is 0.562. The number of carbonyl (C=O) groups is 1. The van der Waals surface area contributed by atoms with Crippen LogP contribution in [0.5, 0.6) is 0 Å². The number of aromatic nitrogens is 2. The first-order valence-corrected chi connectivity index (χ1v) is 11.0. The highest BCUT2D eigenvalue weighted by atomic mass is 32.2. The van der Waals surface area contributed by atoms with Gasteiger partial charge < -0.3 is 15.0 Å². The minimum absolute atomic E-state index is 0.147. The molecule has 1 fully saturated rings. The van der Waals surface area contributed by atoms with Crippen molar-refractivity contribution in [3.05, 3.63) is 22.4 Å². The molecule has 0 saturated carbocycles. The lowest BCUT2D eigenvalue weighted by molar-refractivity contribution is -0.135. The van der Waals surface area contributed by atoms with Gasteiger partial charge in [-0.05, 0) is 24.3 Å². The third-order valence-corrected chi connectivity index (χ3v) is 6.84. The maximum Gasteiger partial charge on any atom is 0.233 e. The molecule has 0 aromatic carbocycles. The van der Waals surface area contributed by atoms with E-state index in [9.17, 15) is 4.79 Å². The largest absolute Gasteiger partial charge is 0.375 e. The van der Waals surface area contributed by atoms with Crippen LogP contribution in [0.3, 0.4) is 0 Å². The molecular weight excluding hydrogens is 376 g/mol. The van der Waals surface area contributed by atoms with Gasteiger partial charge >= 0.3 is 0 Å². The molecule has 1 amide bonds. The van der Waals surface area contributed by atoms with E-state index in [-0.39, 0.29) is 12.0 Å². The molecule has 3 heterocycles. The van der Waals surface area contributed by atoms with Crippen molar-refractivity contribution in [2.24, 2.45) is 0 Å². The van der Waals surface area contributed by atoms with E-state index in [2.05, 4.69) is 40.0 Å². The lowest BCUT2D eigenvalue weighted by atomic mass is 10.2. The second-order valence-corrected chi connectivity index (χ2v) is 8.89. The molecule has 1 unspecified atom stereocenters. The van der Waals surface area contributed by atoms with E-state index in [1.54, 1.807) is 11.3 Å². The number of hydrogen-bond donors (Lipinski definition) is 1. The molecule has 1 N–H and O–H groups in total. The van der Waals surface area contributed by atoms with Crippen molar-refractivity contribution in [1.29, 1.82) is 0 Å². The number of rotatable bonds is 8. The van der Waals surface area contributed by atoms with Crippen LogP contribution in [0, 0.1) is 0 Å². The summed E-state index contributed by atoms with van der Waals surface area (Å²) in [4.78, 5) is 15.6. The predicted octanol–water partition coefficient (Wildman–Crippen LogP) is 2.98. The van der Waals surface area contributed by atoms with Crippen LogP contribution in [0.25, 0.3) is 0 Å². The van der Waals surface area contributed by atoms with Gasteiger partial charge in [0, 0.05) is 24.5 Å². The van der Waals surface area contributed by atoms with Gasteiger partial charge in [0.2, 0.25) is 11.0 Å². The van der Waals surface area contributed by atoms with Crippen molar-refractivity contribution in [3.63, 3.8) is 0 Å². The average Bonchev–Trinajstić information content (AvgIpc) is 3.32. The van der Waals surface area contributed by atoms with Crippen LogP contribution in [0.4, 0.5) is 5.13 Å². The van der Waals surface area contributed by atoms with Gasteiger partial charge in [0.1, 0.15) is 0 Å². The van der Waals surface area contributed by atoms with E-state index < -0.39 is 0 Å². The highest BCUT2D eigenvalue weighted by Gasteiger charge is 2.23. The first-order chi connectivity index (χ1) is 12.2. The molecule has 0 spiro atoms. The molecule has 1 saturated heterocycles. The molecule has 2 aromatic heterocycles. The molecule has 1 aliphatic heterocycles. The van der Waals surface area contributed by atoms with Gasteiger partial charge in [-0.3, -0.25) is 4.79 Å². The summed E-state index contributed by atoms with van der Waals surface area (Å²) in [6, 6.07) is 4.20. The predicted molar refractivity (Wildman–Crippen MR) is 104 cm³/mol. The highest BCUT2D eigenvalue weighted by Crippen LogP contribution is 2.26. The summed E-state index contributed by atoms with van der Waals surface area (Å²) >= 11 is 4.72. The molecule has 9 heteroatoms. The lowest BCUT2D eigenvalue weighted by Crippen LogP contribution is -2.46. The van der Waals surface area contributed by atoms with Crippen molar-refractivity contribution >= 4 is 45.5 Å². The van der Waals surface area contributed by atoms with Crippen LogP contribution in [0.15, 0.2) is 21.9 Å². The number of nitrogens with one attached hydrogen (secondary N) is 1. The van der Waals surface area contributed by atoms with E-state index in [1.807, 2.05) is 4.90 Å². The van der Waals surface area contributed by atoms with Crippen molar-refractivity contribution in [3.8, 4) is 0 Å². The maximum atomic E-state index is 12.3. The number of thioether (sulfide) groups is 1. The van der Waals surface area contributed by atoms with Gasteiger partial charge in [0.05, 0.1) is 18.5 Å². The molecule has 0 bridgehead atoms. The zero-order chi connectivity index (χ0) is 17.5. The SMILES string of the molecule is CCC1CN(C(=O)CSc2nnc(NCCc3cccs3)s2)CCO1. The van der Waals surface area contributed by atoms with Crippen molar-refractivity contribution in [2.75, 3.05) is 37.3 Å². The Morgan fingerprint density at radius 1 is 1.52 bits per heavy atom. The van der Waals surface area contributed by atoms with Gasteiger partial charge in [-0.2, -0.15) is 0 Å². The Morgan fingerprint density at radius 2 is 2.44 bits per heavy atom. The maximum absolute atomic E-state index is 12.3. The number of hydrogen-bond acceptors (Lipinski definition) is 8. The van der Waals surface area contributed by atoms with Crippen LogP contribution in [-0.2, 0) is 16.0 Å². The van der Waals surface area contributed by atoms with Gasteiger partial charge in [-0.1, -0.05) is 36.1 Å². The molecule has 3 rings (SSSR count). The minimum Gasteiger partial charge on any atom is -0.375 e. The van der Waals surface area contributed by atoms with E-state index in [0.717, 1.165) is 28.9 Å². The highest BCUT2D eigenvalue weighted by molar-refractivity contribution is 8.01. The summed E-state index contributed by atoms with van der Waals surface area (Å²) in [6.07, 6.45) is 2.09. The fourth-order valence-corrected chi connectivity index (χ4v) is 4.88. The van der Waals surface area contributed by atoms with Crippen LogP contribution >= 0.6 is 34.4 Å². The van der Waals surface area contributed by atoms with Gasteiger partial charge in [0.15, 0.2) is 4.34 Å². The second-order valence-electron chi connectivity index (χ2n) is 5.66. The third-order valence-electron chi connectivity index (χ3n) is 3.90. The van der Waals surface area contributed by atoms with Crippen LogP contribution in [0.2, 0.25) is 0 Å². The van der Waals surface area contributed by atoms with Crippen LogP contribution in [-0.4, -0.2) is 59.1 Å². The number of thiophene rings is 1. The number of carbonyl (C=O) groups excluding carboxylic acids is 1. The summed E-state index contributed by atoms with van der Waals surface area (Å²) in [7, 11) is 0. The molecule has 136 valence electrons. The smallest absolute Gasteiger partial charge is 0.233 e. The van der Waals surface area contributed by atoms with Crippen molar-refractivity contribution in [2.45, 2.75) is 30.2 Å². The van der Waals surface area contributed by atoms with Gasteiger partial charge in [-0.15, -0.1) is 21.5 Å². The Labute approximate surface area is 160 Å². The molecular formula is C16H22N4O2S3. The standard InChI is InChI=1S/C16H22N4O2S3/c1-2-12-10-20(7-8-22-12)14(21)11-24-16-19-18-15(25-16)17-6-5-13-4-3-9-23-13/h3-4,9,12H,2,5-8,10-11H2,1H3,(H,17,18). The molecule has 1 aliphatic rings. The zero-order valence-electron chi connectivity index (χ0n) is 14.1. The Morgan fingerprint density at radius 3 is 3.24 bits per heavy atom. The van der Waals surface area contributed by atoms with Crippen LogP contribution in [0.1, 0.15) is 18.2 Å². The Balaban J connectivity index is 1.39. The summed E-state index contributed by atoms with van der Waals surface area (Å²) in [5, 5.41) is 14.5. The van der Waals surface area contributed by atoms with E-state index >= 15 is 0 Å². The molecule has 25 heavy (non-hydrogen) atoms. The van der Waals surface area contributed by atoms with Gasteiger partial charge in [-0.25, -0.2) is 0 Å². The van der Waals surface area contributed by atoms with Gasteiger partial charge in [0.25, 0.3) is 0 Å². The third kappa shape index (κ3) is 5.67. The van der Waals surface area contributed by atoms with E-state index in [1.165, 1.54) is 28.0 Å². The summed E-state index contributed by atoms with van der Waals surface area (Å²) in [5.74, 6) is 0.550. The fourth-order valence-electron chi connectivity index (χ4n) is 2.49. The summed E-state index contributed by atoms with van der Waals surface area (Å²) < 4.78 is 6.44. The van der Waals surface area contributed by atoms with Crippen LogP contribution < -0.4 is 5.32 Å². The topological polar surface area (TPSA) is 67.4 Å². The Kier molecular flexibility index (Phi) is 7.09. The van der Waals surface area contributed by atoms with Crippen molar-refractivity contribution in [1.82, 2.24) is 15.1 Å². The van der Waals surface area contributed by atoms with Crippen molar-refractivity contribution < 1.29 is 9.53 Å². The number of morpholine rings is 1. The zero-order valence-corrected chi connectivity index (χ0v) is 16.6. The number of anilines is 1. The first-order valence-electron chi connectivity index (χ1n) is 8.36. The summed E-state index contributed by atoms with van der Waals surface area (Å²) in [5.41, 5.74) is 0. The molecule has 6 nitrogen and oxygen atoms in total. The number of amides is 1. The van der Waals surface area contributed by atoms with E-state index in [4.69, 9.17) is 4.74 Å². The monoisotopic (exact) mass is 398 g/mol. The minimum atomic E-state index is 0.147. The normalized spacial score (nSPS) is 17.6. The second kappa shape index (κ2) is 9.51. The first kappa shape index (κ1) is 18.6. The van der Waals surface area contributed by atoms with E-state index in [0.29, 0.717) is 25.4 Å². The molecule has 0 radical (unpaired) electrons. The lowest BCUT2D eigenvalue weighted by Gasteiger charge is -2.32. The number of nitrogens with zero attached hydrogens (tertiary/aromatic N) is 3. The molecule has 2 aromatic rings. The molecule has 0 aliphatic carbocycles. The summed E-state index contributed by atoms with van der Waals surface area (Å²) in [6.45, 7) is 4.93. The average molecular weight is 399 g/mol. The molecule has 1 atom stereocenters. The Bertz CT molecular complexity index is 662.